The Morgan fingerprint density at radius 1 is 1.21 bits per heavy atom. The molecule has 2 heterocycles. The van der Waals surface area contributed by atoms with Gasteiger partial charge in [-0.1, -0.05) is 38.8 Å². The molecular weight excluding hydrogens is 439 g/mol. The first-order chi connectivity index (χ1) is 15.9. The molecule has 2 aliphatic rings. The normalized spacial score (nSPS) is 18.4. The molecule has 1 aliphatic heterocycles. The maximum atomic E-state index is 14.1. The smallest absolute Gasteiger partial charge is 0.242 e. The van der Waals surface area contributed by atoms with E-state index in [4.69, 9.17) is 4.74 Å². The van der Waals surface area contributed by atoms with Gasteiger partial charge in [0, 0.05) is 23.9 Å². The zero-order valence-corrected chi connectivity index (χ0v) is 20.3. The van der Waals surface area contributed by atoms with Crippen LogP contribution in [0.2, 0.25) is 0 Å². The molecule has 0 saturated heterocycles. The molecule has 0 bridgehead atoms. The lowest BCUT2D eigenvalue weighted by Gasteiger charge is -2.37. The molecule has 4 rings (SSSR count). The highest BCUT2D eigenvalue weighted by atomic mass is 32.1. The van der Waals surface area contributed by atoms with Crippen LogP contribution < -0.4 is 4.74 Å². The van der Waals surface area contributed by atoms with Crippen molar-refractivity contribution in [1.29, 1.82) is 0 Å². The average molecular weight is 473 g/mol. The number of amides is 2. The number of ether oxygens (including phenoxy) is 1. The van der Waals surface area contributed by atoms with Crippen LogP contribution in [0.3, 0.4) is 0 Å². The van der Waals surface area contributed by atoms with Crippen LogP contribution in [0.4, 0.5) is 4.39 Å². The SMILES string of the molecule is CC(C)CN(CC(=O)N1CCc2sccc2[C@@H]1COc1ccccc1F)C(=O)C1CCCC1. The third-order valence-corrected chi connectivity index (χ3v) is 7.57. The molecule has 1 aromatic carbocycles. The van der Waals surface area contributed by atoms with Crippen molar-refractivity contribution >= 4 is 23.2 Å². The van der Waals surface area contributed by atoms with E-state index in [1.807, 2.05) is 16.3 Å². The molecule has 1 saturated carbocycles. The molecular formula is C26H33FN2O3S. The number of fused-ring (bicyclic) bond motifs is 1. The van der Waals surface area contributed by atoms with Gasteiger partial charge in [-0.2, -0.15) is 0 Å². The van der Waals surface area contributed by atoms with E-state index in [1.165, 1.54) is 10.9 Å². The highest BCUT2D eigenvalue weighted by Crippen LogP contribution is 2.34. The van der Waals surface area contributed by atoms with Crippen LogP contribution in [-0.4, -0.2) is 47.9 Å². The van der Waals surface area contributed by atoms with Gasteiger partial charge in [-0.3, -0.25) is 9.59 Å². The summed E-state index contributed by atoms with van der Waals surface area (Å²) in [6.07, 6.45) is 4.80. The highest BCUT2D eigenvalue weighted by Gasteiger charge is 2.35. The highest BCUT2D eigenvalue weighted by molar-refractivity contribution is 7.10. The molecule has 178 valence electrons. The third kappa shape index (κ3) is 5.57. The molecule has 7 heteroatoms. The standard InChI is InChI=1S/C26H33FN2O3S/c1-18(2)15-28(26(31)19-7-3-4-8-19)16-25(30)29-13-11-24-20(12-14-33-24)22(29)17-32-23-10-6-5-9-21(23)27/h5-6,9-10,12,14,18-19,22H,3-4,7-8,11,13,15-17H2,1-2H3/t22-/m0/s1. The Bertz CT molecular complexity index is 970. The van der Waals surface area contributed by atoms with Crippen LogP contribution in [-0.2, 0) is 16.0 Å². The molecule has 0 radical (unpaired) electrons. The predicted molar refractivity (Wildman–Crippen MR) is 128 cm³/mol. The van der Waals surface area contributed by atoms with Crippen LogP contribution in [0.5, 0.6) is 5.75 Å². The minimum Gasteiger partial charge on any atom is -0.488 e. The maximum absolute atomic E-state index is 14.1. The average Bonchev–Trinajstić information content (AvgIpc) is 3.49. The number of benzene rings is 1. The molecule has 1 fully saturated rings. The number of thiophene rings is 1. The van der Waals surface area contributed by atoms with Crippen LogP contribution in [0, 0.1) is 17.7 Å². The molecule has 5 nitrogen and oxygen atoms in total. The Morgan fingerprint density at radius 3 is 2.70 bits per heavy atom. The van der Waals surface area contributed by atoms with Crippen LogP contribution in [0.25, 0.3) is 0 Å². The lowest BCUT2D eigenvalue weighted by Crippen LogP contribution is -2.49. The van der Waals surface area contributed by atoms with Gasteiger partial charge in [0.05, 0.1) is 12.6 Å². The first kappa shape index (κ1) is 23.7. The number of rotatable bonds is 8. The second kappa shape index (κ2) is 10.7. The van der Waals surface area contributed by atoms with Gasteiger partial charge in [0.2, 0.25) is 11.8 Å². The van der Waals surface area contributed by atoms with Crippen molar-refractivity contribution in [3.63, 3.8) is 0 Å². The third-order valence-electron chi connectivity index (χ3n) is 6.58. The van der Waals surface area contributed by atoms with Gasteiger partial charge in [-0.25, -0.2) is 4.39 Å². The number of para-hydroxylation sites is 1. The van der Waals surface area contributed by atoms with Crippen LogP contribution in [0.15, 0.2) is 35.7 Å². The number of carbonyl (C=O) groups excluding carboxylic acids is 2. The van der Waals surface area contributed by atoms with Crippen LogP contribution >= 0.6 is 11.3 Å². The number of hydrogen-bond donors (Lipinski definition) is 0. The Balaban J connectivity index is 1.51. The van der Waals surface area contributed by atoms with E-state index in [9.17, 15) is 14.0 Å². The van der Waals surface area contributed by atoms with E-state index in [2.05, 4.69) is 13.8 Å². The van der Waals surface area contributed by atoms with E-state index < -0.39 is 5.82 Å². The minimum atomic E-state index is -0.415. The topological polar surface area (TPSA) is 49.9 Å². The molecule has 2 aromatic rings. The summed E-state index contributed by atoms with van der Waals surface area (Å²) in [5.41, 5.74) is 1.06. The second-order valence-electron chi connectivity index (χ2n) is 9.49. The Hall–Kier alpha value is -2.41. The number of halogens is 1. The van der Waals surface area contributed by atoms with Crippen molar-refractivity contribution in [3.8, 4) is 5.75 Å². The maximum Gasteiger partial charge on any atom is 0.242 e. The van der Waals surface area contributed by atoms with Crippen molar-refractivity contribution in [2.24, 2.45) is 11.8 Å². The monoisotopic (exact) mass is 472 g/mol. The van der Waals surface area contributed by atoms with Gasteiger partial charge >= 0.3 is 0 Å². The Morgan fingerprint density at radius 2 is 1.97 bits per heavy atom. The molecule has 1 aromatic heterocycles. The predicted octanol–water partition coefficient (Wildman–Crippen LogP) is 5.07. The first-order valence-corrected chi connectivity index (χ1v) is 12.8. The van der Waals surface area contributed by atoms with Crippen molar-refractivity contribution in [2.75, 3.05) is 26.2 Å². The van der Waals surface area contributed by atoms with E-state index in [0.717, 1.165) is 37.7 Å². The number of hydrogen-bond acceptors (Lipinski definition) is 4. The lowest BCUT2D eigenvalue weighted by molar-refractivity contribution is -0.145. The fourth-order valence-corrected chi connectivity index (χ4v) is 5.89. The Labute approximate surface area is 199 Å². The van der Waals surface area contributed by atoms with Crippen molar-refractivity contribution in [1.82, 2.24) is 9.80 Å². The number of carbonyl (C=O) groups is 2. The largest absolute Gasteiger partial charge is 0.488 e. The summed E-state index contributed by atoms with van der Waals surface area (Å²) >= 11 is 1.68. The quantitative estimate of drug-likeness (QED) is 0.539. The van der Waals surface area contributed by atoms with Gasteiger partial charge in [0.25, 0.3) is 0 Å². The second-order valence-corrected chi connectivity index (χ2v) is 10.5. The van der Waals surface area contributed by atoms with Gasteiger partial charge in [-0.15, -0.1) is 11.3 Å². The Kier molecular flexibility index (Phi) is 7.68. The van der Waals surface area contributed by atoms with Gasteiger partial charge < -0.3 is 14.5 Å². The van der Waals surface area contributed by atoms with Crippen molar-refractivity contribution < 1.29 is 18.7 Å². The van der Waals surface area contributed by atoms with E-state index in [0.29, 0.717) is 13.1 Å². The van der Waals surface area contributed by atoms with E-state index in [1.54, 1.807) is 34.4 Å². The number of nitrogens with zero attached hydrogens (tertiary/aromatic N) is 2. The minimum absolute atomic E-state index is 0.0431. The molecule has 0 unspecified atom stereocenters. The first-order valence-electron chi connectivity index (χ1n) is 12.0. The zero-order chi connectivity index (χ0) is 23.4. The summed E-state index contributed by atoms with van der Waals surface area (Å²) in [4.78, 5) is 31.5. The summed E-state index contributed by atoms with van der Waals surface area (Å²) < 4.78 is 20.0. The summed E-state index contributed by atoms with van der Waals surface area (Å²) in [7, 11) is 0. The van der Waals surface area contributed by atoms with Gasteiger partial charge in [0.15, 0.2) is 11.6 Å². The van der Waals surface area contributed by atoms with Gasteiger partial charge in [-0.05, 0) is 54.3 Å². The summed E-state index contributed by atoms with van der Waals surface area (Å²) in [5.74, 6) is 0.143. The lowest BCUT2D eigenvalue weighted by atomic mass is 10.00. The van der Waals surface area contributed by atoms with Gasteiger partial charge in [0.1, 0.15) is 6.61 Å². The van der Waals surface area contributed by atoms with Crippen molar-refractivity contribution in [2.45, 2.75) is 52.0 Å². The molecule has 0 spiro atoms. The summed E-state index contributed by atoms with van der Waals surface area (Å²) in [6, 6.07) is 8.06. The molecule has 1 aliphatic carbocycles. The fourth-order valence-electron chi connectivity index (χ4n) is 4.96. The molecule has 1 atom stereocenters. The van der Waals surface area contributed by atoms with E-state index >= 15 is 0 Å². The summed E-state index contributed by atoms with van der Waals surface area (Å²) in [5, 5.41) is 2.03. The molecule has 2 amide bonds. The van der Waals surface area contributed by atoms with Crippen molar-refractivity contribution in [3.05, 3.63) is 52.0 Å². The van der Waals surface area contributed by atoms with Crippen LogP contribution in [0.1, 0.15) is 56.0 Å². The fraction of sp³-hybridized carbons (Fsp3) is 0.538. The molecule has 33 heavy (non-hydrogen) atoms. The molecule has 0 N–H and O–H groups in total. The summed E-state index contributed by atoms with van der Waals surface area (Å²) in [6.45, 7) is 5.56. The van der Waals surface area contributed by atoms with E-state index in [-0.39, 0.29) is 48.6 Å². The zero-order valence-electron chi connectivity index (χ0n) is 19.5.